The quantitative estimate of drug-likeness (QED) is 0.559. The summed E-state index contributed by atoms with van der Waals surface area (Å²) in [6.45, 7) is 0. The molecule has 4 aliphatic rings. The molecule has 0 aromatic carbocycles. The van der Waals surface area contributed by atoms with E-state index in [1.165, 1.54) is 32.1 Å². The number of rotatable bonds is 0. The first-order chi connectivity index (χ1) is 5.23. The van der Waals surface area contributed by atoms with Gasteiger partial charge in [-0.3, -0.25) is 0 Å². The summed E-state index contributed by atoms with van der Waals surface area (Å²) in [4.78, 5) is 0. The number of nitrogens with two attached hydrogens (primary N) is 1. The monoisotopic (exact) mass is 150 g/mol. The lowest BCUT2D eigenvalue weighted by Crippen LogP contribution is -2.56. The van der Waals surface area contributed by atoms with Gasteiger partial charge in [-0.25, -0.2) is 0 Å². The van der Waals surface area contributed by atoms with Gasteiger partial charge < -0.3 is 5.73 Å². The minimum atomic E-state index is 0.175. The van der Waals surface area contributed by atoms with Crippen LogP contribution in [0.4, 0.5) is 0 Å². The maximum atomic E-state index is 6.27. The molecule has 0 aromatic heterocycles. The predicted octanol–water partition coefficient (Wildman–Crippen LogP) is 1.73. The first kappa shape index (κ1) is 6.47. The van der Waals surface area contributed by atoms with Crippen LogP contribution < -0.4 is 5.73 Å². The third-order valence-electron chi connectivity index (χ3n) is 3.84. The molecule has 1 heteroatoms. The van der Waals surface area contributed by atoms with E-state index in [0.29, 0.717) is 0 Å². The Morgan fingerprint density at radius 1 is 1.09 bits per heavy atom. The van der Waals surface area contributed by atoms with Crippen molar-refractivity contribution in [2.45, 2.75) is 37.6 Å². The molecule has 0 aromatic rings. The van der Waals surface area contributed by atoms with E-state index in [1.807, 2.05) is 0 Å². The highest BCUT2D eigenvalue weighted by Crippen LogP contribution is 2.53. The van der Waals surface area contributed by atoms with Gasteiger partial charge in [0.2, 0.25) is 0 Å². The number of hydrogen-bond donors (Lipinski definition) is 1. The van der Waals surface area contributed by atoms with Crippen LogP contribution in [0.1, 0.15) is 32.1 Å². The van der Waals surface area contributed by atoms with Gasteiger partial charge in [0, 0.05) is 5.54 Å². The van der Waals surface area contributed by atoms with Gasteiger partial charge in [0.05, 0.1) is 0 Å². The van der Waals surface area contributed by atoms with Crippen LogP contribution in [0.3, 0.4) is 0 Å². The molecule has 4 rings (SSSR count). The Morgan fingerprint density at radius 3 is 2.18 bits per heavy atom. The lowest BCUT2D eigenvalue weighted by Gasteiger charge is -2.54. The van der Waals surface area contributed by atoms with Gasteiger partial charge in [0.15, 0.2) is 0 Å². The molecule has 4 aliphatic carbocycles. The van der Waals surface area contributed by atoms with Crippen LogP contribution in [0.2, 0.25) is 0 Å². The Balaban J connectivity index is 1.94. The van der Waals surface area contributed by atoms with Crippen molar-refractivity contribution >= 4 is 0 Å². The second-order valence-electron chi connectivity index (χ2n) is 5.01. The van der Waals surface area contributed by atoms with E-state index in [4.69, 9.17) is 5.73 Å². The van der Waals surface area contributed by atoms with Crippen LogP contribution in [0.15, 0.2) is 0 Å². The molecule has 0 spiro atoms. The van der Waals surface area contributed by atoms with Crippen LogP contribution in [-0.2, 0) is 0 Å². The molecule has 11 heavy (non-hydrogen) atoms. The fourth-order valence-corrected chi connectivity index (χ4v) is 3.85. The van der Waals surface area contributed by atoms with Gasteiger partial charge in [0.1, 0.15) is 0 Å². The topological polar surface area (TPSA) is 26.0 Å². The highest BCUT2D eigenvalue weighted by Gasteiger charge is 2.48. The van der Waals surface area contributed by atoms with Gasteiger partial charge in [-0.2, -0.15) is 0 Å². The number of hydrogen-bond acceptors (Lipinski definition) is 1. The molecular weight excluding hydrogens is 134 g/mol. The molecule has 1 radical (unpaired) electrons. The van der Waals surface area contributed by atoms with Crippen molar-refractivity contribution in [2.24, 2.45) is 23.5 Å². The van der Waals surface area contributed by atoms with E-state index < -0.39 is 0 Å². The highest BCUT2D eigenvalue weighted by atomic mass is 14.8. The zero-order valence-electron chi connectivity index (χ0n) is 6.92. The molecule has 0 saturated heterocycles. The maximum Gasteiger partial charge on any atom is 0.0194 e. The molecule has 0 aliphatic heterocycles. The summed E-state index contributed by atoms with van der Waals surface area (Å²) in [7, 11) is 0. The van der Waals surface area contributed by atoms with Gasteiger partial charge in [-0.15, -0.1) is 0 Å². The smallest absolute Gasteiger partial charge is 0.0194 e. The average molecular weight is 150 g/mol. The van der Waals surface area contributed by atoms with Gasteiger partial charge in [-0.05, 0) is 56.3 Å². The molecule has 2 atom stereocenters. The lowest BCUT2D eigenvalue weighted by molar-refractivity contribution is 0.0462. The van der Waals surface area contributed by atoms with Gasteiger partial charge >= 0.3 is 0 Å². The van der Waals surface area contributed by atoms with E-state index in [9.17, 15) is 0 Å². The van der Waals surface area contributed by atoms with E-state index in [0.717, 1.165) is 17.8 Å². The Kier molecular flexibility index (Phi) is 1.07. The summed E-state index contributed by atoms with van der Waals surface area (Å²) in [5.74, 6) is 2.87. The SMILES string of the molecule is NC12[CH]C3CC(CC(C3)C1)C2. The summed E-state index contributed by atoms with van der Waals surface area (Å²) >= 11 is 0. The molecule has 0 heterocycles. The zero-order valence-corrected chi connectivity index (χ0v) is 6.92. The van der Waals surface area contributed by atoms with E-state index in [2.05, 4.69) is 6.42 Å². The van der Waals surface area contributed by atoms with Crippen molar-refractivity contribution in [3.63, 3.8) is 0 Å². The molecule has 4 fully saturated rings. The third-order valence-corrected chi connectivity index (χ3v) is 3.84. The van der Waals surface area contributed by atoms with Crippen LogP contribution in [-0.4, -0.2) is 5.54 Å². The van der Waals surface area contributed by atoms with Crippen LogP contribution >= 0.6 is 0 Å². The Labute approximate surface area is 68.3 Å². The first-order valence-electron chi connectivity index (χ1n) is 4.88. The average Bonchev–Trinajstić information content (AvgIpc) is 1.79. The lowest BCUT2D eigenvalue weighted by atomic mass is 9.53. The maximum absolute atomic E-state index is 6.27. The molecule has 4 bridgehead atoms. The Hall–Kier alpha value is -0.0400. The van der Waals surface area contributed by atoms with Gasteiger partial charge in [-0.1, -0.05) is 0 Å². The molecule has 0 amide bonds. The van der Waals surface area contributed by atoms with Gasteiger partial charge in [0.25, 0.3) is 0 Å². The molecule has 1 nitrogen and oxygen atoms in total. The standard InChI is InChI=1S/C10H16N/c11-10-4-7-1-8(5-10)3-9(2-7)6-10/h4,7-9H,1-3,5-6,11H2. The van der Waals surface area contributed by atoms with Crippen LogP contribution in [0.5, 0.6) is 0 Å². The van der Waals surface area contributed by atoms with Crippen molar-refractivity contribution in [1.29, 1.82) is 0 Å². The van der Waals surface area contributed by atoms with Crippen molar-refractivity contribution in [2.75, 3.05) is 0 Å². The Morgan fingerprint density at radius 2 is 1.73 bits per heavy atom. The first-order valence-corrected chi connectivity index (χ1v) is 4.88. The van der Waals surface area contributed by atoms with Crippen molar-refractivity contribution in [3.8, 4) is 0 Å². The predicted molar refractivity (Wildman–Crippen MR) is 44.8 cm³/mol. The molecule has 4 saturated carbocycles. The third kappa shape index (κ3) is 0.868. The summed E-state index contributed by atoms with van der Waals surface area (Å²) in [6, 6.07) is 0. The summed E-state index contributed by atoms with van der Waals surface area (Å²) < 4.78 is 0. The second kappa shape index (κ2) is 1.82. The largest absolute Gasteiger partial charge is 0.325 e. The van der Waals surface area contributed by atoms with Crippen LogP contribution in [0.25, 0.3) is 0 Å². The van der Waals surface area contributed by atoms with E-state index in [-0.39, 0.29) is 5.54 Å². The Bertz CT molecular complexity index is 150. The second-order valence-corrected chi connectivity index (χ2v) is 5.01. The summed E-state index contributed by atoms with van der Waals surface area (Å²) in [5.41, 5.74) is 6.44. The minimum absolute atomic E-state index is 0.175. The molecular formula is C10H16N. The summed E-state index contributed by atoms with van der Waals surface area (Å²) in [5, 5.41) is 0. The zero-order chi connectivity index (χ0) is 7.47. The van der Waals surface area contributed by atoms with Crippen molar-refractivity contribution in [3.05, 3.63) is 6.42 Å². The van der Waals surface area contributed by atoms with Crippen molar-refractivity contribution in [1.82, 2.24) is 0 Å². The molecule has 2 N–H and O–H groups in total. The fourth-order valence-electron chi connectivity index (χ4n) is 3.85. The molecule has 61 valence electrons. The van der Waals surface area contributed by atoms with E-state index in [1.54, 1.807) is 0 Å². The normalized spacial score (nSPS) is 60.3. The van der Waals surface area contributed by atoms with E-state index >= 15 is 0 Å². The highest BCUT2D eigenvalue weighted by molar-refractivity contribution is 5.14. The summed E-state index contributed by atoms with van der Waals surface area (Å²) in [6.07, 6.45) is 9.44. The van der Waals surface area contributed by atoms with Crippen molar-refractivity contribution < 1.29 is 0 Å². The minimum Gasteiger partial charge on any atom is -0.325 e. The fraction of sp³-hybridized carbons (Fsp3) is 0.900. The van der Waals surface area contributed by atoms with Crippen LogP contribution in [0, 0.1) is 24.2 Å². The molecule has 2 unspecified atom stereocenters.